The van der Waals surface area contributed by atoms with Crippen LogP contribution in [0.25, 0.3) is 0 Å². The zero-order valence-electron chi connectivity index (χ0n) is 12.4. The molecule has 0 saturated heterocycles. The Morgan fingerprint density at radius 2 is 2.00 bits per heavy atom. The molecule has 0 spiro atoms. The number of nitrogens with two attached hydrogens (primary N) is 1. The number of aryl methyl sites for hydroxylation is 2. The van der Waals surface area contributed by atoms with Crippen LogP contribution in [0.4, 0.5) is 0 Å². The Bertz CT molecular complexity index is 475. The quantitative estimate of drug-likeness (QED) is 0.875. The number of nitrogens with zero attached hydrogens (tertiary/aromatic N) is 2. The van der Waals surface area contributed by atoms with Gasteiger partial charge >= 0.3 is 0 Å². The minimum atomic E-state index is -0.0538. The molecule has 2 atom stereocenters. The van der Waals surface area contributed by atoms with Crippen molar-refractivity contribution in [2.24, 2.45) is 17.6 Å². The molecular weight excluding hydrogens is 252 g/mol. The second kappa shape index (κ2) is 6.79. The normalized spacial score (nSPS) is 22.6. The number of rotatable bonds is 4. The Balaban J connectivity index is 1.96. The molecule has 2 unspecified atom stereocenters. The fourth-order valence-corrected chi connectivity index (χ4v) is 2.96. The van der Waals surface area contributed by atoms with E-state index in [4.69, 9.17) is 5.73 Å². The van der Waals surface area contributed by atoms with Crippen LogP contribution < -0.4 is 11.1 Å². The van der Waals surface area contributed by atoms with Gasteiger partial charge in [-0.15, -0.1) is 0 Å². The van der Waals surface area contributed by atoms with Crippen molar-refractivity contribution in [3.05, 3.63) is 23.0 Å². The summed E-state index contributed by atoms with van der Waals surface area (Å²) in [6.07, 6.45) is 4.85. The molecule has 0 aromatic carbocycles. The van der Waals surface area contributed by atoms with Crippen molar-refractivity contribution in [3.63, 3.8) is 0 Å². The minimum Gasteiger partial charge on any atom is -0.352 e. The van der Waals surface area contributed by atoms with Crippen LogP contribution in [-0.4, -0.2) is 29.2 Å². The molecule has 1 fully saturated rings. The predicted octanol–water partition coefficient (Wildman–Crippen LogP) is 1.59. The molecular formula is C15H24N4O. The number of carbonyl (C=O) groups excluding carboxylic acids is 1. The van der Waals surface area contributed by atoms with Crippen LogP contribution in [0.15, 0.2) is 6.07 Å². The highest BCUT2D eigenvalue weighted by Crippen LogP contribution is 2.28. The van der Waals surface area contributed by atoms with E-state index in [1.54, 1.807) is 6.07 Å². The first kappa shape index (κ1) is 14.9. The number of hydrogen-bond donors (Lipinski definition) is 2. The van der Waals surface area contributed by atoms with Crippen molar-refractivity contribution < 1.29 is 4.79 Å². The van der Waals surface area contributed by atoms with Gasteiger partial charge in [0.1, 0.15) is 0 Å². The highest BCUT2D eigenvalue weighted by atomic mass is 16.1. The van der Waals surface area contributed by atoms with Gasteiger partial charge in [-0.2, -0.15) is 10.2 Å². The van der Waals surface area contributed by atoms with Crippen LogP contribution in [0.3, 0.4) is 0 Å². The lowest BCUT2D eigenvalue weighted by Gasteiger charge is -2.30. The smallest absolute Gasteiger partial charge is 0.253 e. The van der Waals surface area contributed by atoms with Crippen molar-refractivity contribution in [1.29, 1.82) is 0 Å². The highest BCUT2D eigenvalue weighted by molar-refractivity contribution is 5.95. The third-order valence-corrected chi connectivity index (χ3v) is 4.24. The molecule has 1 heterocycles. The molecule has 0 radical (unpaired) electrons. The largest absolute Gasteiger partial charge is 0.352 e. The maximum absolute atomic E-state index is 12.2. The van der Waals surface area contributed by atoms with Gasteiger partial charge in [0.25, 0.3) is 5.91 Å². The van der Waals surface area contributed by atoms with Gasteiger partial charge in [-0.3, -0.25) is 4.79 Å². The summed E-state index contributed by atoms with van der Waals surface area (Å²) in [5, 5.41) is 11.0. The topological polar surface area (TPSA) is 80.9 Å². The van der Waals surface area contributed by atoms with E-state index in [-0.39, 0.29) is 5.91 Å². The van der Waals surface area contributed by atoms with E-state index < -0.39 is 0 Å². The molecule has 0 bridgehead atoms. The number of amides is 1. The van der Waals surface area contributed by atoms with Crippen LogP contribution in [-0.2, 0) is 0 Å². The van der Waals surface area contributed by atoms with Crippen LogP contribution in [0, 0.1) is 25.7 Å². The SMILES string of the molecule is Cc1cc(C(=O)NCC2CCCCC2CN)c(C)nn1. The summed E-state index contributed by atoms with van der Waals surface area (Å²) in [6.45, 7) is 5.08. The first-order valence-corrected chi connectivity index (χ1v) is 7.41. The Labute approximate surface area is 120 Å². The van der Waals surface area contributed by atoms with Gasteiger partial charge in [-0.05, 0) is 51.1 Å². The van der Waals surface area contributed by atoms with Crippen molar-refractivity contribution in [1.82, 2.24) is 15.5 Å². The lowest BCUT2D eigenvalue weighted by molar-refractivity contribution is 0.0933. The minimum absolute atomic E-state index is 0.0538. The van der Waals surface area contributed by atoms with Gasteiger partial charge in [0.05, 0.1) is 17.0 Å². The maximum Gasteiger partial charge on any atom is 0.253 e. The zero-order chi connectivity index (χ0) is 14.5. The average molecular weight is 276 g/mol. The summed E-state index contributed by atoms with van der Waals surface area (Å²) in [5.74, 6) is 0.998. The Morgan fingerprint density at radius 3 is 2.70 bits per heavy atom. The van der Waals surface area contributed by atoms with Gasteiger partial charge < -0.3 is 11.1 Å². The van der Waals surface area contributed by atoms with Gasteiger partial charge in [-0.25, -0.2) is 0 Å². The maximum atomic E-state index is 12.2. The summed E-state index contributed by atoms with van der Waals surface area (Å²) in [6, 6.07) is 1.79. The molecule has 1 aliphatic carbocycles. The van der Waals surface area contributed by atoms with Gasteiger partial charge in [0.15, 0.2) is 0 Å². The third-order valence-electron chi connectivity index (χ3n) is 4.24. The molecule has 1 aliphatic rings. The Hall–Kier alpha value is -1.49. The van der Waals surface area contributed by atoms with E-state index in [0.717, 1.165) is 18.7 Å². The van der Waals surface area contributed by atoms with Gasteiger partial charge in [-0.1, -0.05) is 12.8 Å². The van der Waals surface area contributed by atoms with Gasteiger partial charge in [0, 0.05) is 6.54 Å². The van der Waals surface area contributed by atoms with E-state index in [9.17, 15) is 4.79 Å². The molecule has 1 saturated carbocycles. The van der Waals surface area contributed by atoms with Crippen molar-refractivity contribution >= 4 is 5.91 Å². The average Bonchev–Trinajstić information content (AvgIpc) is 2.47. The monoisotopic (exact) mass is 276 g/mol. The third kappa shape index (κ3) is 3.54. The summed E-state index contributed by atoms with van der Waals surface area (Å²) in [5.41, 5.74) is 7.88. The molecule has 3 N–H and O–H groups in total. The second-order valence-corrected chi connectivity index (χ2v) is 5.74. The molecule has 20 heavy (non-hydrogen) atoms. The molecule has 5 heteroatoms. The Kier molecular flexibility index (Phi) is 5.06. The van der Waals surface area contributed by atoms with E-state index in [2.05, 4.69) is 15.5 Å². The first-order valence-electron chi connectivity index (χ1n) is 7.41. The molecule has 1 amide bonds. The molecule has 1 aromatic heterocycles. The predicted molar refractivity (Wildman–Crippen MR) is 78.3 cm³/mol. The van der Waals surface area contributed by atoms with Gasteiger partial charge in [0.2, 0.25) is 0 Å². The lowest BCUT2D eigenvalue weighted by Crippen LogP contribution is -2.37. The number of nitrogens with one attached hydrogen (secondary N) is 1. The summed E-state index contributed by atoms with van der Waals surface area (Å²) in [7, 11) is 0. The van der Waals surface area contributed by atoms with E-state index >= 15 is 0 Å². The highest BCUT2D eigenvalue weighted by Gasteiger charge is 2.24. The molecule has 110 valence electrons. The summed E-state index contributed by atoms with van der Waals surface area (Å²) >= 11 is 0. The van der Waals surface area contributed by atoms with Crippen LogP contribution in [0.5, 0.6) is 0 Å². The van der Waals surface area contributed by atoms with Crippen molar-refractivity contribution in [3.8, 4) is 0 Å². The van der Waals surface area contributed by atoms with E-state index in [0.29, 0.717) is 29.6 Å². The van der Waals surface area contributed by atoms with Crippen LogP contribution in [0.2, 0.25) is 0 Å². The standard InChI is InChI=1S/C15H24N4O/c1-10-7-14(11(2)19-18-10)15(20)17-9-13-6-4-3-5-12(13)8-16/h7,12-13H,3-6,8-9,16H2,1-2H3,(H,17,20). The molecule has 0 aliphatic heterocycles. The van der Waals surface area contributed by atoms with Crippen LogP contribution in [0.1, 0.15) is 47.4 Å². The number of carbonyl (C=O) groups is 1. The molecule has 2 rings (SSSR count). The molecule has 1 aromatic rings. The fourth-order valence-electron chi connectivity index (χ4n) is 2.96. The second-order valence-electron chi connectivity index (χ2n) is 5.74. The fraction of sp³-hybridized carbons (Fsp3) is 0.667. The summed E-state index contributed by atoms with van der Waals surface area (Å²) in [4.78, 5) is 12.2. The van der Waals surface area contributed by atoms with E-state index in [1.807, 2.05) is 13.8 Å². The summed E-state index contributed by atoms with van der Waals surface area (Å²) < 4.78 is 0. The lowest BCUT2D eigenvalue weighted by atomic mass is 9.79. The number of aromatic nitrogens is 2. The Morgan fingerprint density at radius 1 is 1.30 bits per heavy atom. The van der Waals surface area contributed by atoms with Crippen LogP contribution >= 0.6 is 0 Å². The zero-order valence-corrected chi connectivity index (χ0v) is 12.4. The van der Waals surface area contributed by atoms with E-state index in [1.165, 1.54) is 19.3 Å². The van der Waals surface area contributed by atoms with Crippen molar-refractivity contribution in [2.45, 2.75) is 39.5 Å². The number of hydrogen-bond acceptors (Lipinski definition) is 4. The molecule has 5 nitrogen and oxygen atoms in total. The van der Waals surface area contributed by atoms with Crippen molar-refractivity contribution in [2.75, 3.05) is 13.1 Å². The first-order chi connectivity index (χ1) is 9.61.